The maximum Gasteiger partial charge on any atom is 0.151 e. The van der Waals surface area contributed by atoms with Crippen LogP contribution in [0, 0.1) is 5.92 Å². The quantitative estimate of drug-likeness (QED) is 0.770. The predicted octanol–water partition coefficient (Wildman–Crippen LogP) is 2.79. The van der Waals surface area contributed by atoms with Gasteiger partial charge in [0.05, 0.1) is 12.2 Å². The van der Waals surface area contributed by atoms with Crippen LogP contribution in [0.2, 0.25) is 0 Å². The summed E-state index contributed by atoms with van der Waals surface area (Å²) in [5.74, 6) is 1.72. The van der Waals surface area contributed by atoms with E-state index < -0.39 is 0 Å². The fourth-order valence-corrected chi connectivity index (χ4v) is 2.91. The Labute approximate surface area is 116 Å². The minimum atomic E-state index is 0.701. The van der Waals surface area contributed by atoms with E-state index in [0.717, 1.165) is 43.4 Å². The van der Waals surface area contributed by atoms with E-state index in [1.165, 1.54) is 19.4 Å². The summed E-state index contributed by atoms with van der Waals surface area (Å²) in [7, 11) is 0. The van der Waals surface area contributed by atoms with Crippen molar-refractivity contribution in [3.8, 4) is 0 Å². The third-order valence-corrected chi connectivity index (χ3v) is 3.88. The highest BCUT2D eigenvalue weighted by molar-refractivity contribution is 5.05. The molecule has 1 aromatic rings. The van der Waals surface area contributed by atoms with E-state index in [1.54, 1.807) is 0 Å². The highest BCUT2D eigenvalue weighted by atomic mass is 16.5. The van der Waals surface area contributed by atoms with Gasteiger partial charge in [0.2, 0.25) is 0 Å². The van der Waals surface area contributed by atoms with E-state index in [1.807, 2.05) is 0 Å². The minimum Gasteiger partial charge on any atom is -0.360 e. The number of rotatable bonds is 7. The van der Waals surface area contributed by atoms with Gasteiger partial charge in [0, 0.05) is 18.7 Å². The Hall–Kier alpha value is -0.870. The second-order valence-corrected chi connectivity index (χ2v) is 5.89. The smallest absolute Gasteiger partial charge is 0.151 e. The maximum atomic E-state index is 5.45. The lowest BCUT2D eigenvalue weighted by Crippen LogP contribution is -2.32. The van der Waals surface area contributed by atoms with Crippen LogP contribution in [0.15, 0.2) is 10.6 Å². The zero-order chi connectivity index (χ0) is 13.7. The molecule has 1 aromatic heterocycles. The van der Waals surface area contributed by atoms with Crippen LogP contribution in [0.25, 0.3) is 0 Å². The number of likely N-dealkylation sites (tertiary alicyclic amines) is 1. The third-order valence-electron chi connectivity index (χ3n) is 3.88. The standard InChI is InChI=1S/C15H27N3O/c1-4-7-16-10-13-9-14(19-17-13)11-18-8-5-6-15(18)12(2)3/h9,12,15-16H,4-8,10-11H2,1-3H3. The SMILES string of the molecule is CCCNCc1cc(CN2CCCC2C(C)C)on1. The number of nitrogens with one attached hydrogen (secondary N) is 1. The van der Waals surface area contributed by atoms with Gasteiger partial charge in [-0.1, -0.05) is 25.9 Å². The Morgan fingerprint density at radius 3 is 3.11 bits per heavy atom. The molecular weight excluding hydrogens is 238 g/mol. The van der Waals surface area contributed by atoms with Crippen LogP contribution < -0.4 is 5.32 Å². The van der Waals surface area contributed by atoms with Crippen LogP contribution in [-0.2, 0) is 13.1 Å². The summed E-state index contributed by atoms with van der Waals surface area (Å²) in [6.07, 6.45) is 3.77. The molecule has 0 bridgehead atoms. The van der Waals surface area contributed by atoms with Gasteiger partial charge in [-0.3, -0.25) is 4.90 Å². The van der Waals surface area contributed by atoms with Crippen molar-refractivity contribution in [2.45, 2.75) is 59.2 Å². The van der Waals surface area contributed by atoms with E-state index >= 15 is 0 Å². The van der Waals surface area contributed by atoms with Crippen molar-refractivity contribution in [1.29, 1.82) is 0 Å². The van der Waals surface area contributed by atoms with Crippen molar-refractivity contribution < 1.29 is 4.52 Å². The number of nitrogens with zero attached hydrogens (tertiary/aromatic N) is 2. The highest BCUT2D eigenvalue weighted by Crippen LogP contribution is 2.25. The molecule has 1 atom stereocenters. The molecule has 1 fully saturated rings. The highest BCUT2D eigenvalue weighted by Gasteiger charge is 2.27. The molecule has 0 radical (unpaired) electrons. The molecule has 0 aliphatic carbocycles. The van der Waals surface area contributed by atoms with Crippen molar-refractivity contribution in [1.82, 2.24) is 15.4 Å². The fourth-order valence-electron chi connectivity index (χ4n) is 2.91. The molecule has 0 saturated carbocycles. The van der Waals surface area contributed by atoms with Crippen LogP contribution in [-0.4, -0.2) is 29.2 Å². The number of aromatic nitrogens is 1. The monoisotopic (exact) mass is 265 g/mol. The summed E-state index contributed by atoms with van der Waals surface area (Å²) in [5, 5.41) is 7.49. The van der Waals surface area contributed by atoms with E-state index in [0.29, 0.717) is 6.04 Å². The second-order valence-electron chi connectivity index (χ2n) is 5.89. The first-order chi connectivity index (χ1) is 9.20. The molecule has 4 heteroatoms. The molecule has 2 rings (SSSR count). The van der Waals surface area contributed by atoms with Gasteiger partial charge in [-0.2, -0.15) is 0 Å². The molecule has 1 unspecified atom stereocenters. The summed E-state index contributed by atoms with van der Waals surface area (Å²) >= 11 is 0. The van der Waals surface area contributed by atoms with Gasteiger partial charge >= 0.3 is 0 Å². The average molecular weight is 265 g/mol. The Morgan fingerprint density at radius 2 is 2.37 bits per heavy atom. The molecule has 4 nitrogen and oxygen atoms in total. The van der Waals surface area contributed by atoms with Crippen LogP contribution in [0.1, 0.15) is 51.5 Å². The first kappa shape index (κ1) is 14.5. The Bertz CT molecular complexity index is 375. The lowest BCUT2D eigenvalue weighted by Gasteiger charge is -2.26. The summed E-state index contributed by atoms with van der Waals surface area (Å²) in [6.45, 7) is 10.7. The topological polar surface area (TPSA) is 41.3 Å². The zero-order valence-electron chi connectivity index (χ0n) is 12.5. The lowest BCUT2D eigenvalue weighted by atomic mass is 10.0. The van der Waals surface area contributed by atoms with Crippen molar-refractivity contribution in [3.05, 3.63) is 17.5 Å². The molecule has 108 valence electrons. The fraction of sp³-hybridized carbons (Fsp3) is 0.800. The van der Waals surface area contributed by atoms with Gasteiger partial charge in [-0.25, -0.2) is 0 Å². The van der Waals surface area contributed by atoms with Crippen molar-refractivity contribution in [2.75, 3.05) is 13.1 Å². The molecule has 1 aliphatic rings. The van der Waals surface area contributed by atoms with Gasteiger partial charge < -0.3 is 9.84 Å². The van der Waals surface area contributed by atoms with Gasteiger partial charge in [-0.15, -0.1) is 0 Å². The van der Waals surface area contributed by atoms with Crippen molar-refractivity contribution >= 4 is 0 Å². The summed E-state index contributed by atoms with van der Waals surface area (Å²) in [4.78, 5) is 2.54. The largest absolute Gasteiger partial charge is 0.360 e. The van der Waals surface area contributed by atoms with Crippen LogP contribution in [0.3, 0.4) is 0 Å². The van der Waals surface area contributed by atoms with Crippen molar-refractivity contribution in [3.63, 3.8) is 0 Å². The third kappa shape index (κ3) is 4.05. The molecule has 1 N–H and O–H groups in total. The molecular formula is C15H27N3O. The molecule has 1 aliphatic heterocycles. The van der Waals surface area contributed by atoms with Crippen LogP contribution in [0.5, 0.6) is 0 Å². The maximum absolute atomic E-state index is 5.45. The number of hydrogen-bond donors (Lipinski definition) is 1. The van der Waals surface area contributed by atoms with Crippen LogP contribution in [0.4, 0.5) is 0 Å². The summed E-state index contributed by atoms with van der Waals surface area (Å²) in [6, 6.07) is 2.80. The first-order valence-corrected chi connectivity index (χ1v) is 7.60. The molecule has 2 heterocycles. The Morgan fingerprint density at radius 1 is 1.53 bits per heavy atom. The average Bonchev–Trinajstić information content (AvgIpc) is 2.99. The summed E-state index contributed by atoms with van der Waals surface area (Å²) < 4.78 is 5.45. The molecule has 0 aromatic carbocycles. The molecule has 1 saturated heterocycles. The molecule has 0 amide bonds. The predicted molar refractivity (Wildman–Crippen MR) is 76.8 cm³/mol. The van der Waals surface area contributed by atoms with Crippen molar-refractivity contribution in [2.24, 2.45) is 5.92 Å². The van der Waals surface area contributed by atoms with Crippen LogP contribution >= 0.6 is 0 Å². The van der Waals surface area contributed by atoms with Gasteiger partial charge in [0.1, 0.15) is 0 Å². The first-order valence-electron chi connectivity index (χ1n) is 7.60. The van der Waals surface area contributed by atoms with Gasteiger partial charge in [-0.05, 0) is 38.3 Å². The van der Waals surface area contributed by atoms with E-state index in [-0.39, 0.29) is 0 Å². The molecule has 0 spiro atoms. The lowest BCUT2D eigenvalue weighted by molar-refractivity contribution is 0.178. The van der Waals surface area contributed by atoms with Gasteiger partial charge in [0.25, 0.3) is 0 Å². The zero-order valence-corrected chi connectivity index (χ0v) is 12.5. The Balaban J connectivity index is 1.85. The van der Waals surface area contributed by atoms with E-state index in [9.17, 15) is 0 Å². The van der Waals surface area contributed by atoms with E-state index in [4.69, 9.17) is 4.52 Å². The molecule has 19 heavy (non-hydrogen) atoms. The normalized spacial score (nSPS) is 20.5. The Kier molecular flexibility index (Phi) is 5.40. The number of hydrogen-bond acceptors (Lipinski definition) is 4. The van der Waals surface area contributed by atoms with E-state index in [2.05, 4.69) is 42.2 Å². The minimum absolute atomic E-state index is 0.701. The second kappa shape index (κ2) is 7.06. The van der Waals surface area contributed by atoms with Gasteiger partial charge in [0.15, 0.2) is 5.76 Å². The summed E-state index contributed by atoms with van der Waals surface area (Å²) in [5.41, 5.74) is 1.02.